The zero-order chi connectivity index (χ0) is 20.8. The molecule has 7 nitrogen and oxygen atoms in total. The van der Waals surface area contributed by atoms with E-state index in [0.717, 1.165) is 16.9 Å². The minimum absolute atomic E-state index is 0.216. The van der Waals surface area contributed by atoms with E-state index < -0.39 is 11.9 Å². The molecule has 0 radical (unpaired) electrons. The number of nitrogens with one attached hydrogen (secondary N) is 1. The molecule has 0 saturated carbocycles. The zero-order valence-electron chi connectivity index (χ0n) is 15.9. The predicted molar refractivity (Wildman–Crippen MR) is 108 cm³/mol. The maximum Gasteiger partial charge on any atom is 0.351 e. The lowest BCUT2D eigenvalue weighted by atomic mass is 10.1. The third-order valence-electron chi connectivity index (χ3n) is 4.14. The van der Waals surface area contributed by atoms with Gasteiger partial charge in [-0.2, -0.15) is 0 Å². The number of esters is 2. The normalized spacial score (nSPS) is 10.4. The van der Waals surface area contributed by atoms with Gasteiger partial charge in [-0.25, -0.2) is 9.59 Å². The van der Waals surface area contributed by atoms with Gasteiger partial charge in [-0.05, 0) is 23.8 Å². The summed E-state index contributed by atoms with van der Waals surface area (Å²) in [4.78, 5) is 36.2. The van der Waals surface area contributed by atoms with Gasteiger partial charge in [0.05, 0.1) is 14.2 Å². The molecule has 150 valence electrons. The lowest BCUT2D eigenvalue weighted by Gasteiger charge is -2.07. The first kappa shape index (κ1) is 20.3. The average Bonchev–Trinajstić information content (AvgIpc) is 3.13. The Morgan fingerprint density at radius 2 is 1.76 bits per heavy atom. The van der Waals surface area contributed by atoms with E-state index in [1.54, 1.807) is 18.2 Å². The lowest BCUT2D eigenvalue weighted by molar-refractivity contribution is -0.142. The summed E-state index contributed by atoms with van der Waals surface area (Å²) in [5, 5.41) is 3.47. The van der Waals surface area contributed by atoms with E-state index in [4.69, 9.17) is 9.47 Å². The third-order valence-corrected chi connectivity index (χ3v) is 5.25. The number of methoxy groups -OCH3 is 2. The van der Waals surface area contributed by atoms with Crippen molar-refractivity contribution in [3.63, 3.8) is 0 Å². The Kier molecular flexibility index (Phi) is 6.46. The quantitative estimate of drug-likeness (QED) is 0.599. The third kappa shape index (κ3) is 4.72. The minimum atomic E-state index is -0.582. The van der Waals surface area contributed by atoms with E-state index in [-0.39, 0.29) is 23.1 Å². The van der Waals surface area contributed by atoms with Crippen molar-refractivity contribution < 1.29 is 28.6 Å². The van der Waals surface area contributed by atoms with Crippen molar-refractivity contribution in [2.45, 2.75) is 6.54 Å². The van der Waals surface area contributed by atoms with Crippen LogP contribution in [0.1, 0.15) is 25.6 Å². The molecular weight excluding hydrogens is 394 g/mol. The number of carbonyl (C=O) groups is 3. The van der Waals surface area contributed by atoms with E-state index in [1.165, 1.54) is 14.2 Å². The van der Waals surface area contributed by atoms with Crippen molar-refractivity contribution in [1.82, 2.24) is 5.32 Å². The van der Waals surface area contributed by atoms with Crippen LogP contribution < -0.4 is 10.1 Å². The van der Waals surface area contributed by atoms with Crippen LogP contribution in [0.25, 0.3) is 10.1 Å². The molecule has 0 fully saturated rings. The molecule has 0 aliphatic carbocycles. The van der Waals surface area contributed by atoms with E-state index in [2.05, 4.69) is 10.1 Å². The molecule has 8 heteroatoms. The predicted octanol–water partition coefficient (Wildman–Crippen LogP) is 3.17. The standard InChI is InChI=1S/C21H19NO6S/c1-26-17(23)12-28-18-15-9-8-14(10-16(15)29-19(18)21(25)27-2)20(24)22-11-13-6-4-3-5-7-13/h3-10H,11-12H2,1-2H3,(H,22,24). The van der Waals surface area contributed by atoms with Crippen LogP contribution in [0.3, 0.4) is 0 Å². The van der Waals surface area contributed by atoms with Gasteiger partial charge in [0.15, 0.2) is 17.2 Å². The van der Waals surface area contributed by atoms with Crippen LogP contribution in [0.2, 0.25) is 0 Å². The van der Waals surface area contributed by atoms with E-state index >= 15 is 0 Å². The van der Waals surface area contributed by atoms with Gasteiger partial charge in [0, 0.05) is 22.2 Å². The number of ether oxygens (including phenoxy) is 3. The summed E-state index contributed by atoms with van der Waals surface area (Å²) in [5.74, 6) is -1.16. The van der Waals surface area contributed by atoms with Crippen molar-refractivity contribution in [3.8, 4) is 5.75 Å². The number of amides is 1. The highest BCUT2D eigenvalue weighted by Gasteiger charge is 2.22. The van der Waals surface area contributed by atoms with E-state index in [1.807, 2.05) is 30.3 Å². The molecule has 0 spiro atoms. The maximum atomic E-state index is 12.5. The summed E-state index contributed by atoms with van der Waals surface area (Å²) in [6.45, 7) is 0.0642. The smallest absolute Gasteiger partial charge is 0.351 e. The van der Waals surface area contributed by atoms with Gasteiger partial charge >= 0.3 is 11.9 Å². The van der Waals surface area contributed by atoms with Crippen molar-refractivity contribution in [3.05, 3.63) is 64.5 Å². The summed E-state index contributed by atoms with van der Waals surface area (Å²) in [7, 11) is 2.51. The highest BCUT2D eigenvalue weighted by molar-refractivity contribution is 7.21. The molecule has 0 aliphatic heterocycles. The number of fused-ring (bicyclic) bond motifs is 1. The fourth-order valence-corrected chi connectivity index (χ4v) is 3.76. The van der Waals surface area contributed by atoms with Gasteiger partial charge in [0.2, 0.25) is 0 Å². The van der Waals surface area contributed by atoms with Crippen LogP contribution in [0.5, 0.6) is 5.75 Å². The number of hydrogen-bond donors (Lipinski definition) is 1. The van der Waals surface area contributed by atoms with Gasteiger partial charge in [0.25, 0.3) is 5.91 Å². The first-order valence-electron chi connectivity index (χ1n) is 8.70. The molecule has 0 aliphatic rings. The van der Waals surface area contributed by atoms with E-state index in [9.17, 15) is 14.4 Å². The SMILES string of the molecule is COC(=O)COc1c(C(=O)OC)sc2cc(C(=O)NCc3ccccc3)ccc12. The fourth-order valence-electron chi connectivity index (χ4n) is 2.65. The second-order valence-electron chi connectivity index (χ2n) is 6.00. The molecule has 0 bridgehead atoms. The average molecular weight is 413 g/mol. The van der Waals surface area contributed by atoms with Crippen molar-refractivity contribution in [2.24, 2.45) is 0 Å². The Balaban J connectivity index is 1.85. The van der Waals surface area contributed by atoms with Gasteiger partial charge in [-0.15, -0.1) is 11.3 Å². The summed E-state index contributed by atoms with van der Waals surface area (Å²) >= 11 is 1.13. The Morgan fingerprint density at radius 3 is 2.45 bits per heavy atom. The maximum absolute atomic E-state index is 12.5. The van der Waals surface area contributed by atoms with Crippen molar-refractivity contribution in [1.29, 1.82) is 0 Å². The molecular formula is C21H19NO6S. The number of hydrogen-bond acceptors (Lipinski definition) is 7. The van der Waals surface area contributed by atoms with Crippen molar-refractivity contribution in [2.75, 3.05) is 20.8 Å². The molecule has 2 aromatic carbocycles. The van der Waals surface area contributed by atoms with Gasteiger partial charge in [-0.3, -0.25) is 4.79 Å². The lowest BCUT2D eigenvalue weighted by Crippen LogP contribution is -2.22. The van der Waals surface area contributed by atoms with E-state index in [0.29, 0.717) is 22.2 Å². The second-order valence-corrected chi connectivity index (χ2v) is 7.05. The molecule has 0 saturated heterocycles. The van der Waals surface area contributed by atoms with Crippen LogP contribution in [0.4, 0.5) is 0 Å². The Hall–Kier alpha value is -3.39. The molecule has 3 aromatic rings. The largest absolute Gasteiger partial charge is 0.479 e. The monoisotopic (exact) mass is 413 g/mol. The Morgan fingerprint density at radius 1 is 1.00 bits per heavy atom. The minimum Gasteiger partial charge on any atom is -0.479 e. The van der Waals surface area contributed by atoms with Gasteiger partial charge < -0.3 is 19.5 Å². The number of thiophene rings is 1. The number of benzene rings is 2. The van der Waals surface area contributed by atoms with Crippen LogP contribution >= 0.6 is 11.3 Å². The summed E-state index contributed by atoms with van der Waals surface area (Å²) in [6, 6.07) is 14.6. The topological polar surface area (TPSA) is 90.9 Å². The first-order valence-corrected chi connectivity index (χ1v) is 9.51. The number of carbonyl (C=O) groups excluding carboxylic acids is 3. The molecule has 0 atom stereocenters. The Labute approximate surface area is 171 Å². The van der Waals surface area contributed by atoms with Crippen LogP contribution in [-0.2, 0) is 20.8 Å². The van der Waals surface area contributed by atoms with Crippen LogP contribution in [-0.4, -0.2) is 38.7 Å². The van der Waals surface area contributed by atoms with Crippen molar-refractivity contribution >= 4 is 39.3 Å². The molecule has 0 unspecified atom stereocenters. The summed E-state index contributed by atoms with van der Waals surface area (Å²) in [6.07, 6.45) is 0. The van der Waals surface area contributed by atoms with Gasteiger partial charge in [0.1, 0.15) is 0 Å². The zero-order valence-corrected chi connectivity index (χ0v) is 16.7. The fraction of sp³-hybridized carbons (Fsp3) is 0.190. The van der Waals surface area contributed by atoms with Crippen LogP contribution in [0, 0.1) is 0 Å². The molecule has 1 heterocycles. The summed E-state index contributed by atoms with van der Waals surface area (Å²) < 4.78 is 15.5. The molecule has 1 aromatic heterocycles. The summed E-state index contributed by atoms with van der Waals surface area (Å²) in [5.41, 5.74) is 1.44. The highest BCUT2D eigenvalue weighted by atomic mass is 32.1. The first-order chi connectivity index (χ1) is 14.0. The highest BCUT2D eigenvalue weighted by Crippen LogP contribution is 2.38. The number of rotatable bonds is 7. The molecule has 3 rings (SSSR count). The van der Waals surface area contributed by atoms with Crippen LogP contribution in [0.15, 0.2) is 48.5 Å². The van der Waals surface area contributed by atoms with Gasteiger partial charge in [-0.1, -0.05) is 30.3 Å². The molecule has 1 amide bonds. The second kappa shape index (κ2) is 9.20. The molecule has 29 heavy (non-hydrogen) atoms. The Bertz CT molecular complexity index is 1040. The molecule has 1 N–H and O–H groups in total.